The van der Waals surface area contributed by atoms with Crippen molar-refractivity contribution in [1.29, 1.82) is 0 Å². The van der Waals surface area contributed by atoms with Crippen molar-refractivity contribution in [2.75, 3.05) is 20.6 Å². The van der Waals surface area contributed by atoms with Crippen molar-refractivity contribution in [1.82, 2.24) is 10.2 Å². The highest BCUT2D eigenvalue weighted by atomic mass is 32.1. The van der Waals surface area contributed by atoms with Crippen LogP contribution >= 0.6 is 11.3 Å². The van der Waals surface area contributed by atoms with Gasteiger partial charge in [-0.25, -0.2) is 0 Å². The van der Waals surface area contributed by atoms with Crippen molar-refractivity contribution < 1.29 is 4.79 Å². The summed E-state index contributed by atoms with van der Waals surface area (Å²) in [5.41, 5.74) is 0. The quantitative estimate of drug-likeness (QED) is 0.812. The molecular formula is C15H22N2OS. The lowest BCUT2D eigenvalue weighted by Crippen LogP contribution is -2.34. The lowest BCUT2D eigenvalue weighted by atomic mass is 10.0. The van der Waals surface area contributed by atoms with E-state index in [0.717, 1.165) is 12.8 Å². The number of thiophene rings is 1. The second-order valence-electron chi connectivity index (χ2n) is 5.27. The van der Waals surface area contributed by atoms with Crippen LogP contribution in [0.4, 0.5) is 0 Å². The first-order valence-corrected chi connectivity index (χ1v) is 7.68. The van der Waals surface area contributed by atoms with Gasteiger partial charge in [0.25, 0.3) is 0 Å². The molecule has 104 valence electrons. The fourth-order valence-electron chi connectivity index (χ4n) is 2.40. The molecule has 1 heterocycles. The number of hydrogen-bond acceptors (Lipinski definition) is 3. The van der Waals surface area contributed by atoms with Gasteiger partial charge in [-0.1, -0.05) is 18.2 Å². The van der Waals surface area contributed by atoms with Crippen LogP contribution in [0.25, 0.3) is 0 Å². The highest BCUT2D eigenvalue weighted by molar-refractivity contribution is 7.10. The molecule has 19 heavy (non-hydrogen) atoms. The molecule has 2 rings (SSSR count). The fraction of sp³-hybridized carbons (Fsp3) is 0.533. The van der Waals surface area contributed by atoms with Crippen molar-refractivity contribution in [3.05, 3.63) is 34.5 Å². The molecule has 1 N–H and O–H groups in total. The van der Waals surface area contributed by atoms with Gasteiger partial charge in [0.15, 0.2) is 0 Å². The van der Waals surface area contributed by atoms with E-state index in [2.05, 4.69) is 54.0 Å². The highest BCUT2D eigenvalue weighted by Gasteiger charge is 2.18. The molecule has 1 aliphatic rings. The second-order valence-corrected chi connectivity index (χ2v) is 6.25. The molecule has 3 nitrogen and oxygen atoms in total. The van der Waals surface area contributed by atoms with Crippen molar-refractivity contribution in [3.8, 4) is 0 Å². The summed E-state index contributed by atoms with van der Waals surface area (Å²) in [6, 6.07) is 4.45. The van der Waals surface area contributed by atoms with Gasteiger partial charge >= 0.3 is 0 Å². The maximum atomic E-state index is 11.9. The van der Waals surface area contributed by atoms with Gasteiger partial charge in [-0.2, -0.15) is 0 Å². The Bertz CT molecular complexity index is 425. The molecule has 1 aliphatic carbocycles. The molecule has 0 fully saturated rings. The van der Waals surface area contributed by atoms with Gasteiger partial charge in [0.05, 0.1) is 6.04 Å². The van der Waals surface area contributed by atoms with Crippen LogP contribution < -0.4 is 5.32 Å². The number of allylic oxidation sites excluding steroid dienone is 2. The van der Waals surface area contributed by atoms with E-state index in [1.165, 1.54) is 4.88 Å². The van der Waals surface area contributed by atoms with Crippen LogP contribution in [0, 0.1) is 5.92 Å². The molecular weight excluding hydrogens is 256 g/mol. The monoisotopic (exact) mass is 278 g/mol. The van der Waals surface area contributed by atoms with Crippen LogP contribution in [-0.2, 0) is 4.79 Å². The van der Waals surface area contributed by atoms with E-state index in [9.17, 15) is 4.79 Å². The number of amides is 1. The first-order valence-electron chi connectivity index (χ1n) is 6.80. The second kappa shape index (κ2) is 6.87. The molecule has 0 aliphatic heterocycles. The lowest BCUT2D eigenvalue weighted by molar-refractivity contribution is -0.121. The standard InChI is InChI=1S/C15H22N2OS/c1-17(2)13(14-8-5-9-19-14)11-16-15(18)10-12-6-3-4-7-12/h3,5-6,8-9,12-13H,4,7,10-11H2,1-2H3,(H,16,18)/t12-,13-/m1/s1. The van der Waals surface area contributed by atoms with Crippen molar-refractivity contribution in [2.24, 2.45) is 5.92 Å². The molecule has 0 spiro atoms. The van der Waals surface area contributed by atoms with Crippen LogP contribution in [0.15, 0.2) is 29.7 Å². The highest BCUT2D eigenvalue weighted by Crippen LogP contribution is 2.23. The lowest BCUT2D eigenvalue weighted by Gasteiger charge is -2.23. The van der Waals surface area contributed by atoms with Crippen LogP contribution in [0.5, 0.6) is 0 Å². The summed E-state index contributed by atoms with van der Waals surface area (Å²) in [7, 11) is 4.10. The van der Waals surface area contributed by atoms with Crippen LogP contribution in [-0.4, -0.2) is 31.4 Å². The van der Waals surface area contributed by atoms with E-state index in [4.69, 9.17) is 0 Å². The maximum absolute atomic E-state index is 11.9. The van der Waals surface area contributed by atoms with Gasteiger partial charge in [-0.3, -0.25) is 4.79 Å². The maximum Gasteiger partial charge on any atom is 0.220 e. The molecule has 0 radical (unpaired) electrons. The largest absolute Gasteiger partial charge is 0.354 e. The Kier molecular flexibility index (Phi) is 5.16. The first-order chi connectivity index (χ1) is 9.16. The van der Waals surface area contributed by atoms with Gasteiger partial charge in [-0.15, -0.1) is 11.3 Å². The van der Waals surface area contributed by atoms with Gasteiger partial charge < -0.3 is 10.2 Å². The number of carbonyl (C=O) groups excluding carboxylic acids is 1. The number of nitrogens with one attached hydrogen (secondary N) is 1. The van der Waals surface area contributed by atoms with Crippen LogP contribution in [0.3, 0.4) is 0 Å². The average molecular weight is 278 g/mol. The number of carbonyl (C=O) groups is 1. The SMILES string of the molecule is CN(C)[C@H](CNC(=O)C[C@@H]1C=CCC1)c1cccs1. The van der Waals surface area contributed by atoms with Crippen LogP contribution in [0.2, 0.25) is 0 Å². The Balaban J connectivity index is 1.81. The third kappa shape index (κ3) is 4.18. The molecule has 0 unspecified atom stereocenters. The average Bonchev–Trinajstić information content (AvgIpc) is 3.01. The predicted molar refractivity (Wildman–Crippen MR) is 80.2 cm³/mol. The smallest absolute Gasteiger partial charge is 0.220 e. The molecule has 1 aromatic rings. The summed E-state index contributed by atoms with van der Waals surface area (Å²) in [6.45, 7) is 0.683. The molecule has 0 saturated carbocycles. The fourth-order valence-corrected chi connectivity index (χ4v) is 3.33. The number of rotatable bonds is 6. The Morgan fingerprint density at radius 3 is 3.00 bits per heavy atom. The van der Waals surface area contributed by atoms with E-state index >= 15 is 0 Å². The summed E-state index contributed by atoms with van der Waals surface area (Å²) in [5, 5.41) is 5.15. The molecule has 1 amide bonds. The molecule has 0 saturated heterocycles. The van der Waals surface area contributed by atoms with Crippen molar-refractivity contribution in [3.63, 3.8) is 0 Å². The third-order valence-corrected chi connectivity index (χ3v) is 4.52. The predicted octanol–water partition coefficient (Wildman–Crippen LogP) is 2.82. The van der Waals surface area contributed by atoms with Crippen molar-refractivity contribution in [2.45, 2.75) is 25.3 Å². The van der Waals surface area contributed by atoms with Crippen molar-refractivity contribution >= 4 is 17.2 Å². The summed E-state index contributed by atoms with van der Waals surface area (Å²) < 4.78 is 0. The minimum Gasteiger partial charge on any atom is -0.354 e. The Morgan fingerprint density at radius 2 is 2.42 bits per heavy atom. The zero-order chi connectivity index (χ0) is 13.7. The number of nitrogens with zero attached hydrogens (tertiary/aromatic N) is 1. The van der Waals surface area contributed by atoms with E-state index < -0.39 is 0 Å². The van der Waals surface area contributed by atoms with E-state index in [1.54, 1.807) is 11.3 Å². The zero-order valence-corrected chi connectivity index (χ0v) is 12.5. The summed E-state index contributed by atoms with van der Waals surface area (Å²) in [5.74, 6) is 0.611. The minimum atomic E-state index is 0.167. The van der Waals surface area contributed by atoms with Crippen LogP contribution in [0.1, 0.15) is 30.2 Å². The topological polar surface area (TPSA) is 32.3 Å². The molecule has 0 bridgehead atoms. The molecule has 2 atom stereocenters. The molecule has 1 aromatic heterocycles. The first kappa shape index (κ1) is 14.3. The third-order valence-electron chi connectivity index (χ3n) is 3.55. The van der Waals surface area contributed by atoms with Gasteiger partial charge in [0, 0.05) is 17.8 Å². The Labute approximate surface area is 119 Å². The number of likely N-dealkylation sites (N-methyl/N-ethyl adjacent to an activating group) is 1. The normalized spacial score (nSPS) is 19.8. The van der Waals surface area contributed by atoms with E-state index in [-0.39, 0.29) is 11.9 Å². The van der Waals surface area contributed by atoms with E-state index in [0.29, 0.717) is 18.9 Å². The minimum absolute atomic E-state index is 0.167. The zero-order valence-electron chi connectivity index (χ0n) is 11.6. The summed E-state index contributed by atoms with van der Waals surface area (Å²) in [6.07, 6.45) is 7.21. The molecule has 4 heteroatoms. The summed E-state index contributed by atoms with van der Waals surface area (Å²) in [4.78, 5) is 15.4. The summed E-state index contributed by atoms with van der Waals surface area (Å²) >= 11 is 1.74. The van der Waals surface area contributed by atoms with Gasteiger partial charge in [0.2, 0.25) is 5.91 Å². The Morgan fingerprint density at radius 1 is 1.58 bits per heavy atom. The Hall–Kier alpha value is -1.13. The van der Waals surface area contributed by atoms with E-state index in [1.807, 2.05) is 0 Å². The molecule has 0 aromatic carbocycles. The van der Waals surface area contributed by atoms with Gasteiger partial charge in [-0.05, 0) is 44.3 Å². The number of hydrogen-bond donors (Lipinski definition) is 1. The van der Waals surface area contributed by atoms with Gasteiger partial charge in [0.1, 0.15) is 0 Å².